The molecule has 0 bridgehead atoms. The maximum atomic E-state index is 11.3. The van der Waals surface area contributed by atoms with Crippen LogP contribution in [0.5, 0.6) is 5.75 Å². The molecule has 3 N–H and O–H groups in total. The van der Waals surface area contributed by atoms with E-state index in [9.17, 15) is 9.90 Å². The van der Waals surface area contributed by atoms with Crippen LogP contribution < -0.4 is 10.6 Å². The molecule has 1 aromatic rings. The molecule has 0 spiro atoms. The van der Waals surface area contributed by atoms with Crippen molar-refractivity contribution in [1.82, 2.24) is 5.32 Å². The summed E-state index contributed by atoms with van der Waals surface area (Å²) in [6.07, 6.45) is 0.852. The number of carbonyl (C=O) groups excluding carboxylic acids is 1. The SMILES string of the molecule is CCCNC(=O)Nc1cc(Cl)c(O)c(Cl)c1. The van der Waals surface area contributed by atoms with E-state index in [4.69, 9.17) is 23.2 Å². The molecule has 0 aliphatic rings. The second kappa shape index (κ2) is 5.82. The number of hydrogen-bond acceptors (Lipinski definition) is 2. The zero-order valence-electron chi connectivity index (χ0n) is 8.68. The second-order valence-corrected chi connectivity index (χ2v) is 3.98. The molecular weight excluding hydrogens is 251 g/mol. The van der Waals surface area contributed by atoms with Crippen LogP contribution in [0.15, 0.2) is 12.1 Å². The zero-order chi connectivity index (χ0) is 12.1. The van der Waals surface area contributed by atoms with Gasteiger partial charge >= 0.3 is 6.03 Å². The highest BCUT2D eigenvalue weighted by atomic mass is 35.5. The highest BCUT2D eigenvalue weighted by molar-refractivity contribution is 6.37. The molecule has 0 atom stereocenters. The van der Waals surface area contributed by atoms with Crippen molar-refractivity contribution in [2.24, 2.45) is 0 Å². The molecule has 0 unspecified atom stereocenters. The van der Waals surface area contributed by atoms with E-state index in [1.54, 1.807) is 0 Å². The van der Waals surface area contributed by atoms with Gasteiger partial charge in [0.05, 0.1) is 10.0 Å². The van der Waals surface area contributed by atoms with E-state index in [0.717, 1.165) is 6.42 Å². The van der Waals surface area contributed by atoms with Crippen LogP contribution in [0, 0.1) is 0 Å². The first kappa shape index (κ1) is 12.9. The Hall–Kier alpha value is -1.13. The molecule has 0 aliphatic carbocycles. The quantitative estimate of drug-likeness (QED) is 0.733. The lowest BCUT2D eigenvalue weighted by atomic mass is 10.3. The lowest BCUT2D eigenvalue weighted by Gasteiger charge is -2.08. The summed E-state index contributed by atoms with van der Waals surface area (Å²) in [4.78, 5) is 11.3. The highest BCUT2D eigenvalue weighted by Gasteiger charge is 2.08. The number of amides is 2. The predicted molar refractivity (Wildman–Crippen MR) is 65.4 cm³/mol. The van der Waals surface area contributed by atoms with Crippen LogP contribution in [0.3, 0.4) is 0 Å². The Bertz CT molecular complexity index is 373. The number of carbonyl (C=O) groups is 1. The lowest BCUT2D eigenvalue weighted by molar-refractivity contribution is 0.252. The summed E-state index contributed by atoms with van der Waals surface area (Å²) in [5.41, 5.74) is 0.432. The van der Waals surface area contributed by atoms with Crippen molar-refractivity contribution in [1.29, 1.82) is 0 Å². The van der Waals surface area contributed by atoms with Crippen LogP contribution in [-0.4, -0.2) is 17.7 Å². The van der Waals surface area contributed by atoms with Crippen LogP contribution in [0.4, 0.5) is 10.5 Å². The molecular formula is C10H12Cl2N2O2. The standard InChI is InChI=1S/C10H12Cl2N2O2/c1-2-3-13-10(16)14-6-4-7(11)9(15)8(12)5-6/h4-5,15H,2-3H2,1H3,(H2,13,14,16). The lowest BCUT2D eigenvalue weighted by Crippen LogP contribution is -2.29. The van der Waals surface area contributed by atoms with Gasteiger partial charge in [-0.2, -0.15) is 0 Å². The van der Waals surface area contributed by atoms with Gasteiger partial charge in [0, 0.05) is 12.2 Å². The minimum absolute atomic E-state index is 0.0956. The van der Waals surface area contributed by atoms with E-state index >= 15 is 0 Å². The molecule has 1 rings (SSSR count). The van der Waals surface area contributed by atoms with E-state index < -0.39 is 0 Å². The predicted octanol–water partition coefficient (Wildman–Crippen LogP) is 3.23. The Labute approximate surface area is 104 Å². The number of halogens is 2. The first-order valence-electron chi connectivity index (χ1n) is 4.77. The molecule has 16 heavy (non-hydrogen) atoms. The van der Waals surface area contributed by atoms with Crippen molar-refractivity contribution in [3.05, 3.63) is 22.2 Å². The van der Waals surface area contributed by atoms with E-state index in [2.05, 4.69) is 10.6 Å². The number of hydrogen-bond donors (Lipinski definition) is 3. The maximum absolute atomic E-state index is 11.3. The molecule has 0 aromatic heterocycles. The van der Waals surface area contributed by atoms with Crippen LogP contribution in [-0.2, 0) is 0 Å². The molecule has 0 radical (unpaired) electrons. The first-order chi connectivity index (χ1) is 7.54. The van der Waals surface area contributed by atoms with Gasteiger partial charge in [0.25, 0.3) is 0 Å². The minimum atomic E-state index is -0.334. The highest BCUT2D eigenvalue weighted by Crippen LogP contribution is 2.34. The van der Waals surface area contributed by atoms with Gasteiger partial charge in [0.15, 0.2) is 5.75 Å². The molecule has 2 amide bonds. The third-order valence-corrected chi connectivity index (χ3v) is 2.39. The van der Waals surface area contributed by atoms with Gasteiger partial charge in [-0.3, -0.25) is 0 Å². The normalized spacial score (nSPS) is 9.94. The van der Waals surface area contributed by atoms with Crippen molar-refractivity contribution in [2.45, 2.75) is 13.3 Å². The fourth-order valence-corrected chi connectivity index (χ4v) is 1.54. The van der Waals surface area contributed by atoms with E-state index in [1.807, 2.05) is 6.92 Å². The number of benzene rings is 1. The van der Waals surface area contributed by atoms with Gasteiger partial charge in [-0.25, -0.2) is 4.79 Å². The molecule has 0 saturated heterocycles. The number of nitrogens with one attached hydrogen (secondary N) is 2. The summed E-state index contributed by atoms with van der Waals surface area (Å²) < 4.78 is 0. The zero-order valence-corrected chi connectivity index (χ0v) is 10.2. The summed E-state index contributed by atoms with van der Waals surface area (Å²) in [6, 6.07) is 2.52. The topological polar surface area (TPSA) is 61.4 Å². The maximum Gasteiger partial charge on any atom is 0.319 e. The van der Waals surface area contributed by atoms with Crippen LogP contribution in [0.2, 0.25) is 10.0 Å². The average molecular weight is 263 g/mol. The third-order valence-electron chi connectivity index (χ3n) is 1.81. The largest absolute Gasteiger partial charge is 0.505 e. The van der Waals surface area contributed by atoms with E-state index in [0.29, 0.717) is 12.2 Å². The molecule has 0 saturated carbocycles. The van der Waals surface area contributed by atoms with Crippen LogP contribution in [0.25, 0.3) is 0 Å². The van der Waals surface area contributed by atoms with Gasteiger partial charge in [-0.15, -0.1) is 0 Å². The van der Waals surface area contributed by atoms with Gasteiger partial charge in [-0.05, 0) is 18.6 Å². The van der Waals surface area contributed by atoms with Crippen LogP contribution in [0.1, 0.15) is 13.3 Å². The Morgan fingerprint density at radius 2 is 1.94 bits per heavy atom. The minimum Gasteiger partial charge on any atom is -0.505 e. The summed E-state index contributed by atoms with van der Waals surface area (Å²) in [5.74, 6) is -0.192. The van der Waals surface area contributed by atoms with Gasteiger partial charge in [-0.1, -0.05) is 30.1 Å². The van der Waals surface area contributed by atoms with Crippen molar-refractivity contribution in [3.8, 4) is 5.75 Å². The molecule has 4 nitrogen and oxygen atoms in total. The van der Waals surface area contributed by atoms with Crippen molar-refractivity contribution >= 4 is 34.9 Å². The summed E-state index contributed by atoms with van der Waals surface area (Å²) >= 11 is 11.4. The summed E-state index contributed by atoms with van der Waals surface area (Å²) in [7, 11) is 0. The molecule has 1 aromatic carbocycles. The van der Waals surface area contributed by atoms with E-state index in [1.165, 1.54) is 12.1 Å². The van der Waals surface area contributed by atoms with Crippen LogP contribution >= 0.6 is 23.2 Å². The fraction of sp³-hybridized carbons (Fsp3) is 0.300. The monoisotopic (exact) mass is 262 g/mol. The molecule has 88 valence electrons. The Morgan fingerprint density at radius 3 is 2.44 bits per heavy atom. The van der Waals surface area contributed by atoms with Crippen molar-refractivity contribution in [3.63, 3.8) is 0 Å². The molecule has 0 fully saturated rings. The smallest absolute Gasteiger partial charge is 0.319 e. The second-order valence-electron chi connectivity index (χ2n) is 3.17. The third kappa shape index (κ3) is 3.47. The Kier molecular flexibility index (Phi) is 4.71. The summed E-state index contributed by atoms with van der Waals surface area (Å²) in [5, 5.41) is 14.7. The van der Waals surface area contributed by atoms with E-state index in [-0.39, 0.29) is 21.8 Å². The Morgan fingerprint density at radius 1 is 1.38 bits per heavy atom. The number of urea groups is 1. The Balaban J connectivity index is 2.71. The summed E-state index contributed by atoms with van der Waals surface area (Å²) in [6.45, 7) is 2.54. The molecule has 0 heterocycles. The fourth-order valence-electron chi connectivity index (χ4n) is 1.05. The van der Waals surface area contributed by atoms with Crippen molar-refractivity contribution in [2.75, 3.05) is 11.9 Å². The molecule has 0 aliphatic heterocycles. The first-order valence-corrected chi connectivity index (χ1v) is 5.53. The number of aromatic hydroxyl groups is 1. The number of rotatable bonds is 3. The number of phenolic OH excluding ortho intramolecular Hbond substituents is 1. The molecule has 6 heteroatoms. The van der Waals surface area contributed by atoms with Gasteiger partial charge in [0.1, 0.15) is 0 Å². The van der Waals surface area contributed by atoms with Gasteiger partial charge in [0.2, 0.25) is 0 Å². The average Bonchev–Trinajstić information content (AvgIpc) is 2.23. The number of phenols is 1. The van der Waals surface area contributed by atoms with Crippen molar-refractivity contribution < 1.29 is 9.90 Å². The number of anilines is 1. The van der Waals surface area contributed by atoms with Gasteiger partial charge < -0.3 is 15.7 Å².